The average Bonchev–Trinajstić information content (AvgIpc) is 2.90. The van der Waals surface area contributed by atoms with Crippen LogP contribution in [0.2, 0.25) is 0 Å². The first-order valence-corrected chi connectivity index (χ1v) is 13.7. The van der Waals surface area contributed by atoms with Crippen LogP contribution < -0.4 is 4.90 Å². The van der Waals surface area contributed by atoms with E-state index in [2.05, 4.69) is 48.8 Å². The van der Waals surface area contributed by atoms with Gasteiger partial charge in [0.1, 0.15) is 5.82 Å². The molecule has 6 nitrogen and oxygen atoms in total. The number of aryl methyl sites for hydroxylation is 3. The van der Waals surface area contributed by atoms with Crippen molar-refractivity contribution in [2.45, 2.75) is 79.2 Å². The molecule has 2 aliphatic heterocycles. The largest absolute Gasteiger partial charge is 0.466 e. The Morgan fingerprint density at radius 3 is 2.23 bits per heavy atom. The fraction of sp³-hybridized carbons (Fsp3) is 0.621. The van der Waals surface area contributed by atoms with Crippen LogP contribution >= 0.6 is 0 Å². The predicted octanol–water partition coefficient (Wildman–Crippen LogP) is 5.34. The molecular formula is C29H42N4O2. The minimum atomic E-state index is -0.0358. The van der Waals surface area contributed by atoms with E-state index >= 15 is 0 Å². The first kappa shape index (κ1) is 25.6. The van der Waals surface area contributed by atoms with Crippen LogP contribution in [0.1, 0.15) is 75.3 Å². The molecule has 0 saturated carbocycles. The third kappa shape index (κ3) is 5.85. The molecule has 0 unspecified atom stereocenters. The number of likely N-dealkylation sites (tertiary alicyclic amines) is 1. The quantitative estimate of drug-likeness (QED) is 0.477. The van der Waals surface area contributed by atoms with Crippen molar-refractivity contribution < 1.29 is 9.53 Å². The number of rotatable bonds is 8. The summed E-state index contributed by atoms with van der Waals surface area (Å²) in [4.78, 5) is 27.5. The number of nitrogens with zero attached hydrogens (tertiary/aromatic N) is 4. The number of piperidine rings is 2. The van der Waals surface area contributed by atoms with E-state index in [0.29, 0.717) is 6.61 Å². The summed E-state index contributed by atoms with van der Waals surface area (Å²) in [5.41, 5.74) is 6.19. The first-order chi connectivity index (χ1) is 17.0. The molecule has 0 amide bonds. The maximum atomic E-state index is 12.2. The highest BCUT2D eigenvalue weighted by Gasteiger charge is 2.28. The Morgan fingerprint density at radius 2 is 1.63 bits per heavy atom. The van der Waals surface area contributed by atoms with Gasteiger partial charge in [0, 0.05) is 36.5 Å². The Kier molecular flexibility index (Phi) is 8.77. The second-order valence-electron chi connectivity index (χ2n) is 9.94. The molecule has 3 heterocycles. The van der Waals surface area contributed by atoms with Crippen LogP contribution in [0.25, 0.3) is 11.4 Å². The Balaban J connectivity index is 1.65. The van der Waals surface area contributed by atoms with Gasteiger partial charge in [0.15, 0.2) is 5.82 Å². The number of aromatic nitrogens is 2. The van der Waals surface area contributed by atoms with Crippen molar-refractivity contribution in [1.29, 1.82) is 0 Å². The van der Waals surface area contributed by atoms with E-state index in [0.717, 1.165) is 75.7 Å². The minimum absolute atomic E-state index is 0.0329. The zero-order valence-corrected chi connectivity index (χ0v) is 22.1. The van der Waals surface area contributed by atoms with E-state index < -0.39 is 0 Å². The molecule has 0 aliphatic carbocycles. The van der Waals surface area contributed by atoms with Gasteiger partial charge in [0.2, 0.25) is 0 Å². The lowest BCUT2D eigenvalue weighted by Crippen LogP contribution is -2.38. The molecule has 2 saturated heterocycles. The van der Waals surface area contributed by atoms with Crippen LogP contribution in [0.3, 0.4) is 0 Å². The third-order valence-corrected chi connectivity index (χ3v) is 7.66. The molecule has 2 aliphatic rings. The lowest BCUT2D eigenvalue weighted by Gasteiger charge is -2.34. The van der Waals surface area contributed by atoms with Crippen molar-refractivity contribution >= 4 is 11.8 Å². The van der Waals surface area contributed by atoms with Gasteiger partial charge >= 0.3 is 5.97 Å². The number of esters is 1. The van der Waals surface area contributed by atoms with Crippen molar-refractivity contribution in [3.05, 3.63) is 40.6 Å². The number of hydrogen-bond acceptors (Lipinski definition) is 6. The Hall–Kier alpha value is -2.47. The number of hydrogen-bond donors (Lipinski definition) is 0. The van der Waals surface area contributed by atoms with Crippen LogP contribution in [0.15, 0.2) is 18.2 Å². The molecule has 2 fully saturated rings. The smallest absolute Gasteiger partial charge is 0.309 e. The fourth-order valence-corrected chi connectivity index (χ4v) is 5.59. The third-order valence-electron chi connectivity index (χ3n) is 7.66. The maximum absolute atomic E-state index is 12.2. The van der Waals surface area contributed by atoms with E-state index in [1.165, 1.54) is 41.5 Å². The van der Waals surface area contributed by atoms with Crippen molar-refractivity contribution in [1.82, 2.24) is 14.9 Å². The summed E-state index contributed by atoms with van der Waals surface area (Å²) < 4.78 is 5.26. The standard InChI is InChI=1S/C29H42N4O2/c1-5-22-12-11-13-23(6-2)26(22)27-30-21(4)25(28(31-27)33-16-9-8-10-17-33)20-32-18-14-24(15-19-32)29(34)35-7-3/h11-13,24H,5-10,14-20H2,1-4H3. The summed E-state index contributed by atoms with van der Waals surface area (Å²) >= 11 is 0. The molecule has 2 aromatic rings. The van der Waals surface area contributed by atoms with Crippen LogP contribution in [0.4, 0.5) is 5.82 Å². The van der Waals surface area contributed by atoms with E-state index in [9.17, 15) is 4.79 Å². The second-order valence-corrected chi connectivity index (χ2v) is 9.94. The van der Waals surface area contributed by atoms with Gasteiger partial charge in [0.05, 0.1) is 12.5 Å². The van der Waals surface area contributed by atoms with Crippen molar-refractivity contribution in [3.63, 3.8) is 0 Å². The molecule has 4 rings (SSSR count). The van der Waals surface area contributed by atoms with Gasteiger partial charge in [-0.25, -0.2) is 9.97 Å². The van der Waals surface area contributed by atoms with Gasteiger partial charge in [-0.05, 0) is 83.0 Å². The SMILES string of the molecule is CCOC(=O)C1CCN(Cc2c(C)nc(-c3c(CC)cccc3CC)nc2N2CCCCC2)CC1. The predicted molar refractivity (Wildman–Crippen MR) is 142 cm³/mol. The van der Waals surface area contributed by atoms with Gasteiger partial charge in [-0.15, -0.1) is 0 Å². The van der Waals surface area contributed by atoms with Gasteiger partial charge in [-0.3, -0.25) is 9.69 Å². The summed E-state index contributed by atoms with van der Waals surface area (Å²) in [7, 11) is 0. The van der Waals surface area contributed by atoms with Crippen molar-refractivity contribution in [2.75, 3.05) is 37.7 Å². The zero-order valence-electron chi connectivity index (χ0n) is 22.1. The molecule has 35 heavy (non-hydrogen) atoms. The van der Waals surface area contributed by atoms with Gasteiger partial charge in [-0.1, -0.05) is 32.0 Å². The van der Waals surface area contributed by atoms with E-state index in [4.69, 9.17) is 14.7 Å². The summed E-state index contributed by atoms with van der Waals surface area (Å²) in [5, 5.41) is 0. The van der Waals surface area contributed by atoms with Crippen molar-refractivity contribution in [3.8, 4) is 11.4 Å². The van der Waals surface area contributed by atoms with E-state index in [1.54, 1.807) is 0 Å². The Bertz CT molecular complexity index is 986. The monoisotopic (exact) mass is 478 g/mol. The van der Waals surface area contributed by atoms with Gasteiger partial charge < -0.3 is 9.64 Å². The molecule has 1 aromatic carbocycles. The van der Waals surface area contributed by atoms with Crippen molar-refractivity contribution in [2.24, 2.45) is 5.92 Å². The number of benzene rings is 1. The number of ether oxygens (including phenoxy) is 1. The molecule has 6 heteroatoms. The van der Waals surface area contributed by atoms with Crippen LogP contribution in [0.5, 0.6) is 0 Å². The first-order valence-electron chi connectivity index (χ1n) is 13.7. The number of carbonyl (C=O) groups is 1. The molecule has 0 atom stereocenters. The Labute approximate surface area is 211 Å². The molecule has 1 aromatic heterocycles. The normalized spacial score (nSPS) is 17.5. The lowest BCUT2D eigenvalue weighted by molar-refractivity contribution is -0.149. The van der Waals surface area contributed by atoms with Crippen LogP contribution in [-0.4, -0.2) is 53.6 Å². The van der Waals surface area contributed by atoms with Crippen LogP contribution in [0, 0.1) is 12.8 Å². The van der Waals surface area contributed by atoms with Gasteiger partial charge in [0.25, 0.3) is 0 Å². The molecule has 190 valence electrons. The molecule has 0 radical (unpaired) electrons. The number of carbonyl (C=O) groups excluding carboxylic acids is 1. The highest BCUT2D eigenvalue weighted by molar-refractivity contribution is 5.72. The summed E-state index contributed by atoms with van der Waals surface area (Å²) in [6.07, 6.45) is 7.40. The minimum Gasteiger partial charge on any atom is -0.466 e. The number of anilines is 1. The van der Waals surface area contributed by atoms with E-state index in [1.807, 2.05) is 6.92 Å². The molecule has 0 N–H and O–H groups in total. The maximum Gasteiger partial charge on any atom is 0.309 e. The highest BCUT2D eigenvalue weighted by Crippen LogP contribution is 2.33. The summed E-state index contributed by atoms with van der Waals surface area (Å²) in [6, 6.07) is 6.60. The molecule has 0 bridgehead atoms. The summed E-state index contributed by atoms with van der Waals surface area (Å²) in [6.45, 7) is 13.7. The molecule has 0 spiro atoms. The Morgan fingerprint density at radius 1 is 0.971 bits per heavy atom. The topological polar surface area (TPSA) is 58.6 Å². The highest BCUT2D eigenvalue weighted by atomic mass is 16.5. The molecular weight excluding hydrogens is 436 g/mol. The summed E-state index contributed by atoms with van der Waals surface area (Å²) in [5.74, 6) is 1.99. The zero-order chi connectivity index (χ0) is 24.8. The lowest BCUT2D eigenvalue weighted by atomic mass is 9.96. The van der Waals surface area contributed by atoms with Gasteiger partial charge in [-0.2, -0.15) is 0 Å². The van der Waals surface area contributed by atoms with E-state index in [-0.39, 0.29) is 11.9 Å². The second kappa shape index (κ2) is 12.0. The fourth-order valence-electron chi connectivity index (χ4n) is 5.59. The average molecular weight is 479 g/mol. The van der Waals surface area contributed by atoms with Crippen LogP contribution in [-0.2, 0) is 28.9 Å².